The Hall–Kier alpha value is -2.09. The monoisotopic (exact) mass is 379 g/mol. The van der Waals surface area contributed by atoms with Crippen LogP contribution in [0.3, 0.4) is 0 Å². The third-order valence-corrected chi connectivity index (χ3v) is 5.72. The number of ether oxygens (including phenoxy) is 1. The van der Waals surface area contributed by atoms with Crippen molar-refractivity contribution in [3.63, 3.8) is 0 Å². The molecule has 1 heterocycles. The molecule has 0 aliphatic carbocycles. The fraction of sp³-hybridized carbons (Fsp3) is 0.235. The number of hydrogen-bond acceptors (Lipinski definition) is 4. The van der Waals surface area contributed by atoms with E-state index in [1.807, 2.05) is 31.2 Å². The predicted octanol–water partition coefficient (Wildman–Crippen LogP) is 3.02. The number of halogens is 1. The second-order valence-corrected chi connectivity index (χ2v) is 7.60. The average molecular weight is 380 g/mol. The maximum Gasteiger partial charge on any atom is 0.266 e. The molecule has 2 aromatic carbocycles. The van der Waals surface area contributed by atoms with Gasteiger partial charge in [0.25, 0.3) is 10.0 Å². The van der Waals surface area contributed by atoms with Crippen molar-refractivity contribution < 1.29 is 13.2 Å². The molecule has 25 heavy (non-hydrogen) atoms. The van der Waals surface area contributed by atoms with Crippen LogP contribution in [0.2, 0.25) is 5.02 Å². The highest BCUT2D eigenvalue weighted by molar-refractivity contribution is 7.90. The van der Waals surface area contributed by atoms with Gasteiger partial charge in [0.1, 0.15) is 4.90 Å². The van der Waals surface area contributed by atoms with Gasteiger partial charge in [-0.15, -0.1) is 0 Å². The SMILES string of the molecule is COCCN=C1Nc2c(-c3cccc(C)c3Cl)cccc2S(=O)(=O)N1. The van der Waals surface area contributed by atoms with Gasteiger partial charge in [0.15, 0.2) is 0 Å². The van der Waals surface area contributed by atoms with Crippen LogP contribution in [0.15, 0.2) is 46.3 Å². The van der Waals surface area contributed by atoms with E-state index in [0.29, 0.717) is 29.4 Å². The molecule has 0 saturated heterocycles. The van der Waals surface area contributed by atoms with Crippen molar-refractivity contribution in [1.29, 1.82) is 0 Å². The molecule has 132 valence electrons. The van der Waals surface area contributed by atoms with E-state index in [2.05, 4.69) is 15.0 Å². The van der Waals surface area contributed by atoms with E-state index in [4.69, 9.17) is 16.3 Å². The lowest BCUT2D eigenvalue weighted by atomic mass is 10.0. The Labute approximate surface area is 151 Å². The number of aryl methyl sites for hydroxylation is 1. The highest BCUT2D eigenvalue weighted by Gasteiger charge is 2.29. The molecule has 0 fully saturated rings. The van der Waals surface area contributed by atoms with Crippen LogP contribution in [0.4, 0.5) is 5.69 Å². The van der Waals surface area contributed by atoms with Gasteiger partial charge in [-0.1, -0.05) is 41.9 Å². The van der Waals surface area contributed by atoms with Crippen molar-refractivity contribution >= 4 is 33.3 Å². The van der Waals surface area contributed by atoms with Gasteiger partial charge in [-0.3, -0.25) is 0 Å². The van der Waals surface area contributed by atoms with Crippen LogP contribution in [-0.4, -0.2) is 34.6 Å². The van der Waals surface area contributed by atoms with E-state index < -0.39 is 10.0 Å². The molecule has 0 radical (unpaired) electrons. The number of hydrogen-bond donors (Lipinski definition) is 2. The van der Waals surface area contributed by atoms with E-state index in [9.17, 15) is 8.42 Å². The third kappa shape index (κ3) is 3.49. The first-order valence-corrected chi connectivity index (χ1v) is 9.52. The molecule has 6 nitrogen and oxygen atoms in total. The van der Waals surface area contributed by atoms with Gasteiger partial charge in [0.2, 0.25) is 5.96 Å². The molecule has 0 bridgehead atoms. The van der Waals surface area contributed by atoms with Gasteiger partial charge in [-0.05, 0) is 18.6 Å². The number of benzene rings is 2. The summed E-state index contributed by atoms with van der Waals surface area (Å²) in [7, 11) is -2.15. The topological polar surface area (TPSA) is 79.8 Å². The molecule has 0 saturated carbocycles. The summed E-state index contributed by atoms with van der Waals surface area (Å²) in [4.78, 5) is 4.36. The zero-order valence-electron chi connectivity index (χ0n) is 13.8. The molecule has 1 aliphatic rings. The molecule has 1 aliphatic heterocycles. The predicted molar refractivity (Wildman–Crippen MR) is 99.7 cm³/mol. The minimum Gasteiger partial charge on any atom is -0.383 e. The van der Waals surface area contributed by atoms with Crippen molar-refractivity contribution in [1.82, 2.24) is 4.72 Å². The number of anilines is 1. The Bertz CT molecular complexity index is 942. The van der Waals surface area contributed by atoms with E-state index in [-0.39, 0.29) is 10.9 Å². The van der Waals surface area contributed by atoms with Crippen LogP contribution in [0.25, 0.3) is 11.1 Å². The molecular weight excluding hydrogens is 362 g/mol. The van der Waals surface area contributed by atoms with Crippen molar-refractivity contribution in [2.75, 3.05) is 25.6 Å². The summed E-state index contributed by atoms with van der Waals surface area (Å²) in [5.74, 6) is 0.167. The van der Waals surface area contributed by atoms with Gasteiger partial charge in [0, 0.05) is 18.2 Å². The Balaban J connectivity index is 2.14. The minimum absolute atomic E-state index is 0.160. The number of guanidine groups is 1. The summed E-state index contributed by atoms with van der Waals surface area (Å²) in [5, 5.41) is 3.66. The fourth-order valence-corrected chi connectivity index (χ4v) is 4.01. The summed E-state index contributed by atoms with van der Waals surface area (Å²) in [6, 6.07) is 10.7. The van der Waals surface area contributed by atoms with Crippen molar-refractivity contribution in [3.8, 4) is 11.1 Å². The Morgan fingerprint density at radius 2 is 1.88 bits per heavy atom. The summed E-state index contributed by atoms with van der Waals surface area (Å²) in [6.07, 6.45) is 0. The van der Waals surface area contributed by atoms with Crippen LogP contribution in [0, 0.1) is 6.92 Å². The van der Waals surface area contributed by atoms with Crippen LogP contribution in [0.5, 0.6) is 0 Å². The number of sulfonamides is 1. The normalized spacial score (nSPS) is 16.8. The molecule has 8 heteroatoms. The number of rotatable bonds is 4. The lowest BCUT2D eigenvalue weighted by Gasteiger charge is -2.24. The Morgan fingerprint density at radius 1 is 1.16 bits per heavy atom. The van der Waals surface area contributed by atoms with E-state index >= 15 is 0 Å². The molecule has 0 unspecified atom stereocenters. The molecule has 2 aromatic rings. The van der Waals surface area contributed by atoms with E-state index in [1.54, 1.807) is 19.2 Å². The number of nitrogens with one attached hydrogen (secondary N) is 2. The zero-order valence-corrected chi connectivity index (χ0v) is 15.4. The number of aliphatic imine (C=N–C) groups is 1. The minimum atomic E-state index is -3.71. The van der Waals surface area contributed by atoms with Crippen LogP contribution in [0.1, 0.15) is 5.56 Å². The van der Waals surface area contributed by atoms with Gasteiger partial charge < -0.3 is 10.1 Å². The van der Waals surface area contributed by atoms with Gasteiger partial charge in [0.05, 0.1) is 23.9 Å². The zero-order chi connectivity index (χ0) is 18.0. The molecule has 0 aromatic heterocycles. The van der Waals surface area contributed by atoms with Crippen LogP contribution >= 0.6 is 11.6 Å². The van der Waals surface area contributed by atoms with Crippen LogP contribution in [-0.2, 0) is 14.8 Å². The van der Waals surface area contributed by atoms with Crippen LogP contribution < -0.4 is 10.0 Å². The maximum atomic E-state index is 12.6. The van der Waals surface area contributed by atoms with E-state index in [1.165, 1.54) is 0 Å². The molecule has 2 N–H and O–H groups in total. The lowest BCUT2D eigenvalue weighted by molar-refractivity contribution is 0.208. The van der Waals surface area contributed by atoms with E-state index in [0.717, 1.165) is 11.1 Å². The molecule has 3 rings (SSSR count). The Kier molecular flexibility index (Phi) is 4.99. The van der Waals surface area contributed by atoms with Gasteiger partial charge in [-0.25, -0.2) is 18.1 Å². The number of nitrogens with zero attached hydrogens (tertiary/aromatic N) is 1. The number of fused-ring (bicyclic) bond motifs is 1. The summed E-state index contributed by atoms with van der Waals surface area (Å²) < 4.78 is 32.5. The largest absolute Gasteiger partial charge is 0.383 e. The average Bonchev–Trinajstić information content (AvgIpc) is 2.57. The van der Waals surface area contributed by atoms with Gasteiger partial charge >= 0.3 is 0 Å². The first-order valence-electron chi connectivity index (χ1n) is 7.66. The maximum absolute atomic E-state index is 12.6. The fourth-order valence-electron chi connectivity index (χ4n) is 2.61. The lowest BCUT2D eigenvalue weighted by Crippen LogP contribution is -2.41. The quantitative estimate of drug-likeness (QED) is 0.800. The third-order valence-electron chi connectivity index (χ3n) is 3.84. The second kappa shape index (κ2) is 7.03. The Morgan fingerprint density at radius 3 is 2.64 bits per heavy atom. The second-order valence-electron chi connectivity index (χ2n) is 5.57. The molecule has 0 spiro atoms. The molecule has 0 atom stereocenters. The molecule has 0 amide bonds. The molecular formula is C17H18ClN3O3S. The van der Waals surface area contributed by atoms with Gasteiger partial charge in [-0.2, -0.15) is 0 Å². The number of para-hydroxylation sites is 1. The number of methoxy groups -OCH3 is 1. The first-order chi connectivity index (χ1) is 11.9. The van der Waals surface area contributed by atoms with Crippen molar-refractivity contribution in [3.05, 3.63) is 47.0 Å². The summed E-state index contributed by atoms with van der Waals surface area (Å²) >= 11 is 6.44. The first kappa shape index (κ1) is 17.7. The van der Waals surface area contributed by atoms with Crippen molar-refractivity contribution in [2.45, 2.75) is 11.8 Å². The highest BCUT2D eigenvalue weighted by Crippen LogP contribution is 2.39. The standard InChI is InChI=1S/C17H18ClN3O3S/c1-11-5-3-6-12(15(11)18)13-7-4-8-14-16(13)20-17(19-9-10-24-2)21-25(14,22)23/h3-8H,9-10H2,1-2H3,(H2,19,20,21). The smallest absolute Gasteiger partial charge is 0.266 e. The summed E-state index contributed by atoms with van der Waals surface area (Å²) in [5.41, 5.74) is 2.85. The van der Waals surface area contributed by atoms with Crippen molar-refractivity contribution in [2.24, 2.45) is 4.99 Å². The summed E-state index contributed by atoms with van der Waals surface area (Å²) in [6.45, 7) is 2.64. The highest BCUT2D eigenvalue weighted by atomic mass is 35.5.